The summed E-state index contributed by atoms with van der Waals surface area (Å²) in [5, 5.41) is 14.3. The van der Waals surface area contributed by atoms with E-state index in [0.717, 1.165) is 27.8 Å². The molecule has 0 aliphatic carbocycles. The van der Waals surface area contributed by atoms with Crippen molar-refractivity contribution in [2.75, 3.05) is 5.32 Å². The highest BCUT2D eigenvalue weighted by Gasteiger charge is 2.28. The summed E-state index contributed by atoms with van der Waals surface area (Å²) in [5.74, 6) is 0.462. The minimum absolute atomic E-state index is 0.268. The average molecular weight is 469 g/mol. The van der Waals surface area contributed by atoms with Crippen LogP contribution in [0.1, 0.15) is 25.0 Å². The molecule has 4 N–H and O–H groups in total. The zero-order chi connectivity index (χ0) is 24.6. The van der Waals surface area contributed by atoms with Crippen LogP contribution in [0.4, 0.5) is 5.69 Å². The number of imidazole rings is 2. The first-order chi connectivity index (χ1) is 16.8. The van der Waals surface area contributed by atoms with Gasteiger partial charge in [-0.05, 0) is 56.5 Å². The topological polar surface area (TPSA) is 112 Å². The van der Waals surface area contributed by atoms with Crippen LogP contribution in [-0.4, -0.2) is 41.3 Å². The standard InChI is InChI=1S/C27H28N6O2/c1-17-13-19(33-12-11-28-16-33)15-21-24(17)32-25(31-21)23-20(9-10-29-26(23)34)30-22(27(2,3)35)14-18-7-5-4-6-8-18/h4-13,15-16,22,35H,14H2,1-3H3,(H,31,32)(H2,29,30,34)/t22-/m0/s1. The van der Waals surface area contributed by atoms with Gasteiger partial charge < -0.3 is 25.0 Å². The van der Waals surface area contributed by atoms with Gasteiger partial charge in [-0.3, -0.25) is 4.79 Å². The number of H-pyrrole nitrogens is 2. The summed E-state index contributed by atoms with van der Waals surface area (Å²) in [5.41, 5.74) is 4.32. The molecule has 0 fully saturated rings. The molecular formula is C27H28N6O2. The second kappa shape index (κ2) is 8.88. The SMILES string of the molecule is Cc1cc(-n2ccnc2)cc2[nH]c(-c3c(N[C@@H](Cc4ccccc4)C(C)(C)O)cc[nH]c3=O)nc12. The van der Waals surface area contributed by atoms with Gasteiger partial charge in [0.2, 0.25) is 0 Å². The number of aliphatic hydroxyl groups is 1. The Labute approximate surface area is 202 Å². The van der Waals surface area contributed by atoms with E-state index in [1.54, 1.807) is 38.6 Å². The first-order valence-electron chi connectivity index (χ1n) is 11.5. The Morgan fingerprint density at radius 2 is 1.97 bits per heavy atom. The Morgan fingerprint density at radius 1 is 1.17 bits per heavy atom. The van der Waals surface area contributed by atoms with Gasteiger partial charge in [-0.1, -0.05) is 30.3 Å². The molecule has 5 rings (SSSR count). The molecule has 0 aliphatic heterocycles. The van der Waals surface area contributed by atoms with Crippen LogP contribution in [0, 0.1) is 6.92 Å². The first kappa shape index (κ1) is 22.6. The molecule has 0 aliphatic rings. The van der Waals surface area contributed by atoms with E-state index in [0.29, 0.717) is 23.5 Å². The normalized spacial score (nSPS) is 12.7. The smallest absolute Gasteiger partial charge is 0.261 e. The highest BCUT2D eigenvalue weighted by Crippen LogP contribution is 2.29. The highest BCUT2D eigenvalue weighted by molar-refractivity contribution is 5.86. The predicted molar refractivity (Wildman–Crippen MR) is 138 cm³/mol. The molecule has 0 unspecified atom stereocenters. The number of hydrogen-bond donors (Lipinski definition) is 4. The maximum Gasteiger partial charge on any atom is 0.261 e. The number of benzene rings is 2. The van der Waals surface area contributed by atoms with Gasteiger partial charge in [-0.2, -0.15) is 0 Å². The Bertz CT molecular complexity index is 1510. The quantitative estimate of drug-likeness (QED) is 0.286. The van der Waals surface area contributed by atoms with Gasteiger partial charge in [-0.25, -0.2) is 9.97 Å². The second-order valence-electron chi connectivity index (χ2n) is 9.35. The number of nitrogens with zero attached hydrogens (tertiary/aromatic N) is 3. The van der Waals surface area contributed by atoms with Crippen LogP contribution < -0.4 is 10.9 Å². The number of aromatic amines is 2. The third kappa shape index (κ3) is 4.61. The molecule has 1 atom stereocenters. The number of pyridine rings is 1. The number of nitrogens with one attached hydrogen (secondary N) is 3. The Morgan fingerprint density at radius 3 is 2.69 bits per heavy atom. The second-order valence-corrected chi connectivity index (χ2v) is 9.35. The summed E-state index contributed by atoms with van der Waals surface area (Å²) in [7, 11) is 0. The molecule has 178 valence electrons. The summed E-state index contributed by atoms with van der Waals surface area (Å²) < 4.78 is 1.92. The van der Waals surface area contributed by atoms with Crippen LogP contribution in [-0.2, 0) is 6.42 Å². The lowest BCUT2D eigenvalue weighted by molar-refractivity contribution is 0.0592. The number of fused-ring (bicyclic) bond motifs is 1. The van der Waals surface area contributed by atoms with E-state index in [-0.39, 0.29) is 11.6 Å². The molecule has 2 aromatic carbocycles. The Hall–Kier alpha value is -4.17. The van der Waals surface area contributed by atoms with Crippen LogP contribution in [0.25, 0.3) is 28.1 Å². The van der Waals surface area contributed by atoms with Gasteiger partial charge in [0, 0.05) is 24.3 Å². The number of rotatable bonds is 7. The fourth-order valence-corrected chi connectivity index (χ4v) is 4.30. The third-order valence-electron chi connectivity index (χ3n) is 6.23. The zero-order valence-corrected chi connectivity index (χ0v) is 19.9. The summed E-state index contributed by atoms with van der Waals surface area (Å²) >= 11 is 0. The largest absolute Gasteiger partial charge is 0.388 e. The third-order valence-corrected chi connectivity index (χ3v) is 6.23. The van der Waals surface area contributed by atoms with Crippen LogP contribution >= 0.6 is 0 Å². The van der Waals surface area contributed by atoms with Crippen LogP contribution in [0.3, 0.4) is 0 Å². The maximum absolute atomic E-state index is 13.0. The van der Waals surface area contributed by atoms with Gasteiger partial charge in [0.05, 0.1) is 34.7 Å². The van der Waals surface area contributed by atoms with Crippen molar-refractivity contribution in [3.8, 4) is 17.1 Å². The van der Waals surface area contributed by atoms with E-state index < -0.39 is 5.60 Å². The van der Waals surface area contributed by atoms with Crippen molar-refractivity contribution in [2.45, 2.75) is 38.8 Å². The monoisotopic (exact) mass is 468 g/mol. The zero-order valence-electron chi connectivity index (χ0n) is 19.9. The van der Waals surface area contributed by atoms with Crippen LogP contribution in [0.15, 0.2) is 78.2 Å². The van der Waals surface area contributed by atoms with Crippen molar-refractivity contribution in [1.82, 2.24) is 24.5 Å². The molecule has 0 radical (unpaired) electrons. The van der Waals surface area contributed by atoms with Gasteiger partial charge in [-0.15, -0.1) is 0 Å². The lowest BCUT2D eigenvalue weighted by Crippen LogP contribution is -2.43. The van der Waals surface area contributed by atoms with E-state index in [9.17, 15) is 9.90 Å². The van der Waals surface area contributed by atoms with E-state index in [1.165, 1.54) is 0 Å². The van der Waals surface area contributed by atoms with E-state index in [1.807, 2.05) is 60.2 Å². The van der Waals surface area contributed by atoms with Crippen molar-refractivity contribution in [3.63, 3.8) is 0 Å². The molecule has 8 nitrogen and oxygen atoms in total. The van der Waals surface area contributed by atoms with Crippen LogP contribution in [0.5, 0.6) is 0 Å². The summed E-state index contributed by atoms with van der Waals surface area (Å²) in [4.78, 5) is 28.0. The van der Waals surface area contributed by atoms with Gasteiger partial charge in [0.1, 0.15) is 11.4 Å². The molecule has 0 bridgehead atoms. The molecule has 35 heavy (non-hydrogen) atoms. The van der Waals surface area contributed by atoms with Crippen molar-refractivity contribution in [2.24, 2.45) is 0 Å². The summed E-state index contributed by atoms with van der Waals surface area (Å²) in [6.45, 7) is 5.53. The van der Waals surface area contributed by atoms with Crippen molar-refractivity contribution in [1.29, 1.82) is 0 Å². The van der Waals surface area contributed by atoms with E-state index in [4.69, 9.17) is 4.98 Å². The van der Waals surface area contributed by atoms with E-state index >= 15 is 0 Å². The Kier molecular flexibility index (Phi) is 5.74. The first-order valence-corrected chi connectivity index (χ1v) is 11.5. The number of anilines is 1. The summed E-state index contributed by atoms with van der Waals surface area (Å²) in [6, 6.07) is 15.5. The number of hydrogen-bond acceptors (Lipinski definition) is 5. The lowest BCUT2D eigenvalue weighted by Gasteiger charge is -2.31. The predicted octanol–water partition coefficient (Wildman–Crippen LogP) is 4.21. The van der Waals surface area contributed by atoms with Crippen LogP contribution in [0.2, 0.25) is 0 Å². The fraction of sp³-hybridized carbons (Fsp3) is 0.222. The van der Waals surface area contributed by atoms with Gasteiger partial charge >= 0.3 is 0 Å². The molecule has 0 saturated carbocycles. The van der Waals surface area contributed by atoms with Crippen molar-refractivity contribution < 1.29 is 5.11 Å². The fourth-order valence-electron chi connectivity index (χ4n) is 4.30. The maximum atomic E-state index is 13.0. The van der Waals surface area contributed by atoms with E-state index in [2.05, 4.69) is 20.3 Å². The molecule has 0 spiro atoms. The molecule has 3 aromatic heterocycles. The van der Waals surface area contributed by atoms with Crippen molar-refractivity contribution >= 4 is 16.7 Å². The molecule has 8 heteroatoms. The molecular weight excluding hydrogens is 440 g/mol. The number of aromatic nitrogens is 5. The number of aryl methyl sites for hydroxylation is 1. The van der Waals surface area contributed by atoms with Gasteiger partial charge in [0.25, 0.3) is 5.56 Å². The van der Waals surface area contributed by atoms with Crippen molar-refractivity contribution in [3.05, 3.63) is 94.9 Å². The molecule has 0 saturated heterocycles. The highest BCUT2D eigenvalue weighted by atomic mass is 16.3. The molecule has 0 amide bonds. The average Bonchev–Trinajstić information content (AvgIpc) is 3.49. The Balaban J connectivity index is 1.56. The van der Waals surface area contributed by atoms with Gasteiger partial charge in [0.15, 0.2) is 0 Å². The molecule has 5 aromatic rings. The molecule has 3 heterocycles. The lowest BCUT2D eigenvalue weighted by atomic mass is 9.92. The minimum Gasteiger partial charge on any atom is -0.388 e. The minimum atomic E-state index is -1.04. The summed E-state index contributed by atoms with van der Waals surface area (Å²) in [6.07, 6.45) is 7.54.